The minimum Gasteiger partial charge on any atom is -0.496 e. The number of methoxy groups -OCH3 is 1. The fourth-order valence-corrected chi connectivity index (χ4v) is 3.99. The van der Waals surface area contributed by atoms with Gasteiger partial charge in [-0.15, -0.1) is 24.8 Å². The van der Waals surface area contributed by atoms with Crippen LogP contribution >= 0.6 is 24.8 Å². The molecule has 2 aliphatic heterocycles. The van der Waals surface area contributed by atoms with Gasteiger partial charge in [-0.1, -0.05) is 0 Å². The van der Waals surface area contributed by atoms with Crippen molar-refractivity contribution in [2.45, 2.75) is 32.1 Å². The van der Waals surface area contributed by atoms with Crippen LogP contribution < -0.4 is 5.73 Å². The van der Waals surface area contributed by atoms with E-state index in [4.69, 9.17) is 20.0 Å². The first-order valence-electron chi connectivity index (χ1n) is 7.93. The molecule has 0 aromatic rings. The molecule has 7 heteroatoms. The summed E-state index contributed by atoms with van der Waals surface area (Å²) in [5.41, 5.74) is 8.37. The van der Waals surface area contributed by atoms with Crippen LogP contribution in [0.2, 0.25) is 0 Å². The first kappa shape index (κ1) is 20.4. The van der Waals surface area contributed by atoms with Crippen molar-refractivity contribution in [3.05, 3.63) is 22.8 Å². The monoisotopic (exact) mass is 366 g/mol. The molecule has 0 saturated heterocycles. The van der Waals surface area contributed by atoms with E-state index in [9.17, 15) is 0 Å². The molecular formula is C16H28Cl2N2O3. The van der Waals surface area contributed by atoms with Gasteiger partial charge in [0.1, 0.15) is 12.3 Å². The smallest absolute Gasteiger partial charge is 0.217 e. The minimum atomic E-state index is 0. The molecule has 3 aliphatic rings. The van der Waals surface area contributed by atoms with Gasteiger partial charge in [0.25, 0.3) is 0 Å². The van der Waals surface area contributed by atoms with E-state index >= 15 is 0 Å². The van der Waals surface area contributed by atoms with Crippen molar-refractivity contribution in [2.24, 2.45) is 17.6 Å². The highest BCUT2D eigenvalue weighted by molar-refractivity contribution is 5.85. The fraction of sp³-hybridized carbons (Fsp3) is 0.750. The van der Waals surface area contributed by atoms with Crippen molar-refractivity contribution in [3.8, 4) is 0 Å². The lowest BCUT2D eigenvalue weighted by Crippen LogP contribution is -2.38. The van der Waals surface area contributed by atoms with Crippen LogP contribution in [0.15, 0.2) is 22.8 Å². The maximum absolute atomic E-state index is 5.91. The molecule has 0 radical (unpaired) electrons. The Kier molecular flexibility index (Phi) is 8.01. The number of allylic oxidation sites excluding steroid dienone is 2. The zero-order valence-electron chi connectivity index (χ0n) is 13.9. The second-order valence-corrected chi connectivity index (χ2v) is 6.11. The molecule has 0 aromatic heterocycles. The third kappa shape index (κ3) is 3.90. The first-order chi connectivity index (χ1) is 10.3. The summed E-state index contributed by atoms with van der Waals surface area (Å²) in [6.07, 6.45) is 5.72. The SMILES string of the molecule is COC1=C2CC(CCCN)CC3CCOC(=C23)CN1OC.Cl.Cl. The van der Waals surface area contributed by atoms with E-state index in [2.05, 4.69) is 0 Å². The Morgan fingerprint density at radius 2 is 2.09 bits per heavy atom. The van der Waals surface area contributed by atoms with Crippen LogP contribution in [0.5, 0.6) is 0 Å². The summed E-state index contributed by atoms with van der Waals surface area (Å²) in [4.78, 5) is 5.47. The molecule has 2 heterocycles. The highest BCUT2D eigenvalue weighted by Crippen LogP contribution is 2.48. The molecule has 2 atom stereocenters. The van der Waals surface area contributed by atoms with Gasteiger partial charge in [0.15, 0.2) is 0 Å². The number of nitrogens with zero attached hydrogens (tertiary/aromatic N) is 1. The average Bonchev–Trinajstić information content (AvgIpc) is 2.52. The number of ether oxygens (including phenoxy) is 2. The van der Waals surface area contributed by atoms with Crippen molar-refractivity contribution in [3.63, 3.8) is 0 Å². The summed E-state index contributed by atoms with van der Waals surface area (Å²) >= 11 is 0. The number of halogens is 2. The number of rotatable bonds is 5. The summed E-state index contributed by atoms with van der Waals surface area (Å²) in [5.74, 6) is 3.26. The van der Waals surface area contributed by atoms with Crippen LogP contribution in [0.3, 0.4) is 0 Å². The Balaban J connectivity index is 0.00000132. The van der Waals surface area contributed by atoms with E-state index in [1.54, 1.807) is 14.2 Å². The highest BCUT2D eigenvalue weighted by Gasteiger charge is 2.40. The van der Waals surface area contributed by atoms with Gasteiger partial charge in [-0.3, -0.25) is 4.84 Å². The van der Waals surface area contributed by atoms with Crippen molar-refractivity contribution in [2.75, 3.05) is 33.9 Å². The summed E-state index contributed by atoms with van der Waals surface area (Å²) in [6.45, 7) is 2.25. The van der Waals surface area contributed by atoms with E-state index in [0.29, 0.717) is 18.4 Å². The van der Waals surface area contributed by atoms with Crippen LogP contribution in [0.4, 0.5) is 0 Å². The van der Waals surface area contributed by atoms with Gasteiger partial charge >= 0.3 is 0 Å². The zero-order valence-corrected chi connectivity index (χ0v) is 15.5. The van der Waals surface area contributed by atoms with Gasteiger partial charge in [-0.2, -0.15) is 0 Å². The molecule has 5 nitrogen and oxygen atoms in total. The van der Waals surface area contributed by atoms with Crippen molar-refractivity contribution >= 4 is 24.8 Å². The van der Waals surface area contributed by atoms with Gasteiger partial charge in [-0.25, -0.2) is 5.06 Å². The molecule has 0 spiro atoms. The van der Waals surface area contributed by atoms with Crippen LogP contribution in [0.1, 0.15) is 32.1 Å². The van der Waals surface area contributed by atoms with Gasteiger partial charge in [0.2, 0.25) is 5.88 Å². The number of nitrogens with two attached hydrogens (primary N) is 1. The Morgan fingerprint density at radius 3 is 2.74 bits per heavy atom. The molecule has 23 heavy (non-hydrogen) atoms. The van der Waals surface area contributed by atoms with E-state index in [1.165, 1.54) is 24.0 Å². The molecule has 1 aliphatic carbocycles. The molecule has 0 bridgehead atoms. The number of hydroxylamine groups is 2. The fourth-order valence-electron chi connectivity index (χ4n) is 3.99. The van der Waals surface area contributed by atoms with Gasteiger partial charge in [0, 0.05) is 11.1 Å². The molecule has 2 N–H and O–H groups in total. The summed E-state index contributed by atoms with van der Waals surface area (Å²) in [5, 5.41) is 1.81. The van der Waals surface area contributed by atoms with Crippen molar-refractivity contribution in [1.29, 1.82) is 0 Å². The first-order valence-corrected chi connectivity index (χ1v) is 7.93. The maximum atomic E-state index is 5.91. The minimum absolute atomic E-state index is 0. The largest absolute Gasteiger partial charge is 0.496 e. The topological polar surface area (TPSA) is 57.0 Å². The molecule has 0 amide bonds. The molecule has 2 unspecified atom stereocenters. The lowest BCUT2D eigenvalue weighted by Gasteiger charge is -2.43. The third-order valence-corrected chi connectivity index (χ3v) is 4.89. The maximum Gasteiger partial charge on any atom is 0.217 e. The Labute approximate surface area is 151 Å². The molecular weight excluding hydrogens is 339 g/mol. The molecule has 3 rings (SSSR count). The third-order valence-electron chi connectivity index (χ3n) is 4.89. The van der Waals surface area contributed by atoms with E-state index in [1.807, 2.05) is 5.06 Å². The van der Waals surface area contributed by atoms with Crippen LogP contribution in [-0.4, -0.2) is 39.0 Å². The normalized spacial score (nSPS) is 26.0. The predicted octanol–water partition coefficient (Wildman–Crippen LogP) is 3.00. The molecule has 1 fully saturated rings. The van der Waals surface area contributed by atoms with E-state index < -0.39 is 0 Å². The summed E-state index contributed by atoms with van der Waals surface area (Å²) in [6, 6.07) is 0. The van der Waals surface area contributed by atoms with Crippen LogP contribution in [0.25, 0.3) is 0 Å². The average molecular weight is 367 g/mol. The lowest BCUT2D eigenvalue weighted by atomic mass is 9.70. The van der Waals surface area contributed by atoms with Crippen molar-refractivity contribution < 1.29 is 14.3 Å². The van der Waals surface area contributed by atoms with E-state index in [-0.39, 0.29) is 24.8 Å². The standard InChI is InChI=1S/C16H26N2O3.2ClH/c1-19-16-13-9-11(4-3-6-17)8-12-5-7-21-14(15(12)13)10-18(16)20-2;;/h11-12H,3-10,17H2,1-2H3;2*1H. The predicted molar refractivity (Wildman–Crippen MR) is 94.3 cm³/mol. The van der Waals surface area contributed by atoms with Crippen LogP contribution in [0, 0.1) is 11.8 Å². The van der Waals surface area contributed by atoms with Gasteiger partial charge in [-0.05, 0) is 50.5 Å². The summed E-state index contributed by atoms with van der Waals surface area (Å²) in [7, 11) is 3.41. The van der Waals surface area contributed by atoms with Crippen molar-refractivity contribution in [1.82, 2.24) is 5.06 Å². The Hall–Kier alpha value is -0.620. The molecule has 1 saturated carbocycles. The Morgan fingerprint density at radius 1 is 1.30 bits per heavy atom. The Bertz CT molecular complexity index is 468. The number of hydrogen-bond donors (Lipinski definition) is 1. The van der Waals surface area contributed by atoms with Gasteiger partial charge < -0.3 is 15.2 Å². The molecule has 134 valence electrons. The quantitative estimate of drug-likeness (QED) is 0.810. The molecule has 0 aromatic carbocycles. The zero-order chi connectivity index (χ0) is 14.8. The second kappa shape index (κ2) is 9.02. The lowest BCUT2D eigenvalue weighted by molar-refractivity contribution is -0.142. The highest BCUT2D eigenvalue weighted by atomic mass is 35.5. The summed E-state index contributed by atoms with van der Waals surface area (Å²) < 4.78 is 11.6. The van der Waals surface area contributed by atoms with E-state index in [0.717, 1.165) is 44.1 Å². The second-order valence-electron chi connectivity index (χ2n) is 6.11. The number of hydrogen-bond acceptors (Lipinski definition) is 5. The van der Waals surface area contributed by atoms with Crippen LogP contribution in [-0.2, 0) is 14.3 Å². The van der Waals surface area contributed by atoms with Gasteiger partial charge in [0.05, 0.1) is 20.8 Å².